The minimum absolute atomic E-state index is 1.17. The second-order valence-corrected chi connectivity index (χ2v) is 20.6. The Morgan fingerprint density at radius 2 is 0.494 bits per heavy atom. The monoisotopic (exact) mass is 979 g/mol. The molecule has 0 aliphatic heterocycles. The Labute approximate surface area is 450 Å². The molecule has 0 fully saturated rings. The highest BCUT2D eigenvalue weighted by atomic mass is 15.0. The molecule has 14 aromatic rings. The van der Waals surface area contributed by atoms with Crippen LogP contribution in [0.2, 0.25) is 0 Å². The second-order valence-electron chi connectivity index (χ2n) is 20.6. The number of nitrogens with zero attached hydrogens (tertiary/aromatic N) is 1. The maximum atomic E-state index is 2.43. The van der Waals surface area contributed by atoms with Crippen molar-refractivity contribution in [2.45, 2.75) is 13.8 Å². The van der Waals surface area contributed by atoms with Gasteiger partial charge in [-0.1, -0.05) is 254 Å². The van der Waals surface area contributed by atoms with Crippen molar-refractivity contribution in [1.29, 1.82) is 0 Å². The van der Waals surface area contributed by atoms with Gasteiger partial charge in [0.25, 0.3) is 0 Å². The Kier molecular flexibility index (Phi) is 11.4. The molecule has 0 aliphatic rings. The van der Waals surface area contributed by atoms with Crippen LogP contribution in [0, 0.1) is 13.8 Å². The largest absolute Gasteiger partial charge is 0.309 e. The van der Waals surface area contributed by atoms with Gasteiger partial charge in [0.15, 0.2) is 0 Å². The van der Waals surface area contributed by atoms with E-state index in [4.69, 9.17) is 0 Å². The lowest BCUT2D eigenvalue weighted by molar-refractivity contribution is 1.18. The van der Waals surface area contributed by atoms with Gasteiger partial charge in [0.05, 0.1) is 11.0 Å². The first-order valence-corrected chi connectivity index (χ1v) is 26.7. The molecular formula is C76H53N. The third-order valence-corrected chi connectivity index (χ3v) is 15.8. The summed E-state index contributed by atoms with van der Waals surface area (Å²) in [5.74, 6) is 0. The first kappa shape index (κ1) is 45.8. The normalized spacial score (nSPS) is 11.5. The number of para-hydroxylation sites is 2. The summed E-state index contributed by atoms with van der Waals surface area (Å²) in [6.07, 6.45) is 0. The third-order valence-electron chi connectivity index (χ3n) is 15.8. The molecule has 0 unspecified atom stereocenters. The zero-order valence-corrected chi connectivity index (χ0v) is 43.1. The zero-order chi connectivity index (χ0) is 51.4. The topological polar surface area (TPSA) is 4.93 Å². The number of aromatic nitrogens is 1. The van der Waals surface area contributed by atoms with Crippen molar-refractivity contribution in [3.63, 3.8) is 0 Å². The molecule has 14 rings (SSSR count). The number of aryl methyl sites for hydroxylation is 2. The highest BCUT2D eigenvalue weighted by molar-refractivity contribution is 6.22. The Bertz CT molecular complexity index is 4470. The molecule has 0 saturated carbocycles. The van der Waals surface area contributed by atoms with Crippen molar-refractivity contribution in [3.05, 3.63) is 296 Å². The molecule has 77 heavy (non-hydrogen) atoms. The lowest BCUT2D eigenvalue weighted by Crippen LogP contribution is -1.93. The fourth-order valence-electron chi connectivity index (χ4n) is 11.7. The molecule has 13 aromatic carbocycles. The Balaban J connectivity index is 0.874. The van der Waals surface area contributed by atoms with E-state index < -0.39 is 0 Å². The van der Waals surface area contributed by atoms with Crippen LogP contribution >= 0.6 is 0 Å². The second kappa shape index (κ2) is 19.1. The SMILES string of the molecule is Cc1ccc(-c2ccc3c(-c4ccc(-c5ccc(-c6ccc7c(c6)c6ccccc6n7-c6ccccc6)cc5)cc4)c4cc(-c5ccc(C)cc5)ccc4c(-c4ccc(-c5ccc(-c6ccccc6)cc5)cc4)c3c2)cc1. The first-order valence-electron chi connectivity index (χ1n) is 26.7. The molecule has 0 saturated heterocycles. The molecule has 0 bridgehead atoms. The minimum atomic E-state index is 1.17. The van der Waals surface area contributed by atoms with E-state index in [1.165, 1.54) is 149 Å². The lowest BCUT2D eigenvalue weighted by atomic mass is 9.83. The number of hydrogen-bond acceptors (Lipinski definition) is 0. The lowest BCUT2D eigenvalue weighted by Gasteiger charge is -2.20. The highest BCUT2D eigenvalue weighted by Gasteiger charge is 2.20. The molecule has 1 aromatic heterocycles. The van der Waals surface area contributed by atoms with Crippen LogP contribution in [0.3, 0.4) is 0 Å². The van der Waals surface area contributed by atoms with Crippen LogP contribution in [0.5, 0.6) is 0 Å². The first-order chi connectivity index (χ1) is 38.0. The summed E-state index contributed by atoms with van der Waals surface area (Å²) in [6.45, 7) is 4.31. The predicted octanol–water partition coefficient (Wildman–Crippen LogP) is 21.0. The molecule has 1 heterocycles. The highest BCUT2D eigenvalue weighted by Crippen LogP contribution is 2.47. The Morgan fingerprint density at radius 1 is 0.195 bits per heavy atom. The predicted molar refractivity (Wildman–Crippen MR) is 329 cm³/mol. The average molecular weight is 980 g/mol. The standard InChI is InChI=1S/C76H53N/c1-50-17-21-58(22-18-50)63-42-45-69-71(48-63)75(61-37-33-56(34-38-61)54-27-25-53(26-28-54)52-11-5-3-6-12-52)68-44-41-64(59-23-19-51(2)20-24-59)49-72(68)76(69)62-39-35-57(36-40-62)55-29-31-60(32-30-55)65-43-46-74-70(47-65)67-15-9-10-16-73(67)77(74)66-13-7-4-8-14-66/h3-49H,1-2H3. The van der Waals surface area contributed by atoms with Crippen molar-refractivity contribution in [3.8, 4) is 94.7 Å². The number of benzene rings is 13. The van der Waals surface area contributed by atoms with E-state index in [2.05, 4.69) is 304 Å². The van der Waals surface area contributed by atoms with Crippen molar-refractivity contribution in [2.24, 2.45) is 0 Å². The number of rotatable bonds is 9. The molecule has 1 heteroatoms. The van der Waals surface area contributed by atoms with E-state index in [0.717, 1.165) is 0 Å². The maximum Gasteiger partial charge on any atom is 0.0541 e. The summed E-state index contributed by atoms with van der Waals surface area (Å²) in [6, 6.07) is 105. The molecule has 0 radical (unpaired) electrons. The summed E-state index contributed by atoms with van der Waals surface area (Å²) in [4.78, 5) is 0. The average Bonchev–Trinajstić information content (AvgIpc) is 3.88. The third kappa shape index (κ3) is 8.40. The van der Waals surface area contributed by atoms with E-state index in [-0.39, 0.29) is 0 Å². The molecule has 0 aliphatic carbocycles. The van der Waals surface area contributed by atoms with E-state index in [1.54, 1.807) is 0 Å². The van der Waals surface area contributed by atoms with Crippen molar-refractivity contribution in [1.82, 2.24) is 4.57 Å². The molecule has 0 spiro atoms. The summed E-state index contributed by atoms with van der Waals surface area (Å²) in [7, 11) is 0. The fraction of sp³-hybridized carbons (Fsp3) is 0.0263. The quantitative estimate of drug-likeness (QED) is 0.127. The van der Waals surface area contributed by atoms with Crippen LogP contribution in [0.15, 0.2) is 285 Å². The van der Waals surface area contributed by atoms with Gasteiger partial charge in [-0.05, 0) is 167 Å². The Morgan fingerprint density at radius 3 is 0.935 bits per heavy atom. The van der Waals surface area contributed by atoms with Crippen molar-refractivity contribution in [2.75, 3.05) is 0 Å². The van der Waals surface area contributed by atoms with E-state index >= 15 is 0 Å². The van der Waals surface area contributed by atoms with Gasteiger partial charge >= 0.3 is 0 Å². The van der Waals surface area contributed by atoms with E-state index in [1.807, 2.05) is 0 Å². The minimum Gasteiger partial charge on any atom is -0.309 e. The van der Waals surface area contributed by atoms with Crippen LogP contribution in [-0.2, 0) is 0 Å². The molecule has 0 amide bonds. The molecule has 0 N–H and O–H groups in total. The van der Waals surface area contributed by atoms with Crippen molar-refractivity contribution >= 4 is 43.4 Å². The molecule has 362 valence electrons. The van der Waals surface area contributed by atoms with E-state index in [0.29, 0.717) is 0 Å². The van der Waals surface area contributed by atoms with Gasteiger partial charge in [-0.2, -0.15) is 0 Å². The van der Waals surface area contributed by atoms with Gasteiger partial charge < -0.3 is 4.57 Å². The van der Waals surface area contributed by atoms with Crippen molar-refractivity contribution < 1.29 is 0 Å². The van der Waals surface area contributed by atoms with E-state index in [9.17, 15) is 0 Å². The van der Waals surface area contributed by atoms with Crippen LogP contribution < -0.4 is 0 Å². The fourth-order valence-corrected chi connectivity index (χ4v) is 11.7. The molecule has 1 nitrogen and oxygen atoms in total. The van der Waals surface area contributed by atoms with Gasteiger partial charge in [0.1, 0.15) is 0 Å². The van der Waals surface area contributed by atoms with Crippen LogP contribution in [-0.4, -0.2) is 4.57 Å². The van der Waals surface area contributed by atoms with Crippen LogP contribution in [0.25, 0.3) is 138 Å². The maximum absolute atomic E-state index is 2.43. The van der Waals surface area contributed by atoms with Crippen LogP contribution in [0.1, 0.15) is 11.1 Å². The van der Waals surface area contributed by atoms with Gasteiger partial charge in [-0.3, -0.25) is 0 Å². The van der Waals surface area contributed by atoms with Crippen LogP contribution in [0.4, 0.5) is 0 Å². The number of hydrogen-bond donors (Lipinski definition) is 0. The van der Waals surface area contributed by atoms with Gasteiger partial charge in [-0.25, -0.2) is 0 Å². The Hall–Kier alpha value is -9.82. The summed E-state index contributed by atoms with van der Waals surface area (Å²) < 4.78 is 2.37. The smallest absolute Gasteiger partial charge is 0.0541 e. The zero-order valence-electron chi connectivity index (χ0n) is 43.1. The summed E-state index contributed by atoms with van der Waals surface area (Å²) in [5, 5.41) is 7.43. The summed E-state index contributed by atoms with van der Waals surface area (Å²) in [5.41, 5.74) is 25.4. The summed E-state index contributed by atoms with van der Waals surface area (Å²) >= 11 is 0. The van der Waals surface area contributed by atoms with Gasteiger partial charge in [0.2, 0.25) is 0 Å². The molecule has 0 atom stereocenters. The molecular weight excluding hydrogens is 927 g/mol. The van der Waals surface area contributed by atoms with Gasteiger partial charge in [-0.15, -0.1) is 0 Å². The van der Waals surface area contributed by atoms with Gasteiger partial charge in [0, 0.05) is 16.5 Å². The number of fused-ring (bicyclic) bond motifs is 5.